The molecule has 0 spiro atoms. The summed E-state index contributed by atoms with van der Waals surface area (Å²) in [7, 11) is 0. The van der Waals surface area contributed by atoms with Crippen molar-refractivity contribution in [3.8, 4) is 0 Å². The molecule has 3 aromatic rings. The van der Waals surface area contributed by atoms with E-state index in [1.807, 2.05) is 19.1 Å². The monoisotopic (exact) mass is 324 g/mol. The minimum atomic E-state index is -0.507. The predicted octanol–water partition coefficient (Wildman–Crippen LogP) is 3.40. The summed E-state index contributed by atoms with van der Waals surface area (Å²) in [5, 5.41) is 11.8. The van der Waals surface area contributed by atoms with Gasteiger partial charge in [-0.15, -0.1) is 11.3 Å². The van der Waals surface area contributed by atoms with E-state index in [1.165, 1.54) is 20.2 Å². The van der Waals surface area contributed by atoms with Crippen LogP contribution in [0.5, 0.6) is 0 Å². The van der Waals surface area contributed by atoms with E-state index in [0.717, 1.165) is 16.8 Å². The maximum Gasteiger partial charge on any atom is 0.263 e. The second-order valence-electron chi connectivity index (χ2n) is 5.84. The molecule has 1 atom stereocenters. The van der Waals surface area contributed by atoms with Gasteiger partial charge in [-0.2, -0.15) is 0 Å². The Morgan fingerprint density at radius 3 is 2.87 bits per heavy atom. The highest BCUT2D eigenvalue weighted by molar-refractivity contribution is 7.25. The lowest BCUT2D eigenvalue weighted by Gasteiger charge is -2.12. The number of carbonyl (C=O) groups excluding carboxylic acids is 1. The molecule has 0 bridgehead atoms. The molecular formula is C18H16N2O2S. The van der Waals surface area contributed by atoms with E-state index in [1.54, 1.807) is 11.3 Å². The number of aryl methyl sites for hydroxylation is 1. The number of nitrogens with two attached hydrogens (primary N) is 1. The zero-order valence-corrected chi connectivity index (χ0v) is 13.5. The Bertz CT molecular complexity index is 988. The van der Waals surface area contributed by atoms with E-state index in [2.05, 4.69) is 23.2 Å². The molecule has 1 aliphatic heterocycles. The number of primary amides is 1. The van der Waals surface area contributed by atoms with E-state index in [-0.39, 0.29) is 12.5 Å². The molecule has 1 unspecified atom stereocenters. The standard InChI is InChI=1S/C18H16N2O2S/c1-9-15-11-4-2-3-5-13(11)23-14(15)8-12-10(6-7-21)17(18(19)22)20-16(9)12/h2-5,8,10,21H,6-7H2,1H3,(H2,19,22). The number of amides is 1. The first-order chi connectivity index (χ1) is 11.1. The van der Waals surface area contributed by atoms with Crippen molar-refractivity contribution in [2.45, 2.75) is 19.3 Å². The molecule has 116 valence electrons. The summed E-state index contributed by atoms with van der Waals surface area (Å²) >= 11 is 1.74. The summed E-state index contributed by atoms with van der Waals surface area (Å²) in [6, 6.07) is 10.4. The molecule has 2 aromatic carbocycles. The van der Waals surface area contributed by atoms with Crippen LogP contribution >= 0.6 is 11.3 Å². The Kier molecular flexibility index (Phi) is 3.21. The van der Waals surface area contributed by atoms with Crippen molar-refractivity contribution in [3.05, 3.63) is 41.5 Å². The van der Waals surface area contributed by atoms with Crippen LogP contribution in [0.25, 0.3) is 20.2 Å². The van der Waals surface area contributed by atoms with Crippen LogP contribution in [-0.4, -0.2) is 23.3 Å². The molecule has 0 saturated heterocycles. The lowest BCUT2D eigenvalue weighted by molar-refractivity contribution is -0.112. The summed E-state index contributed by atoms with van der Waals surface area (Å²) in [5.41, 5.74) is 8.77. The Hall–Kier alpha value is -2.24. The van der Waals surface area contributed by atoms with Gasteiger partial charge >= 0.3 is 0 Å². The highest BCUT2D eigenvalue weighted by atomic mass is 32.1. The van der Waals surface area contributed by atoms with E-state index >= 15 is 0 Å². The Morgan fingerprint density at radius 2 is 2.13 bits per heavy atom. The molecule has 0 fully saturated rings. The third-order valence-corrected chi connectivity index (χ3v) is 5.64. The van der Waals surface area contributed by atoms with Gasteiger partial charge in [0.15, 0.2) is 0 Å². The van der Waals surface area contributed by atoms with Crippen LogP contribution in [0.3, 0.4) is 0 Å². The maximum absolute atomic E-state index is 11.7. The molecule has 0 aliphatic carbocycles. The van der Waals surface area contributed by atoms with Gasteiger partial charge in [0.05, 0.1) is 5.69 Å². The molecule has 5 heteroatoms. The van der Waals surface area contributed by atoms with E-state index in [4.69, 9.17) is 5.73 Å². The lowest BCUT2D eigenvalue weighted by Crippen LogP contribution is -2.27. The van der Waals surface area contributed by atoms with Crippen LogP contribution in [0, 0.1) is 6.92 Å². The average Bonchev–Trinajstić information content (AvgIpc) is 3.07. The number of fused-ring (bicyclic) bond motifs is 4. The Morgan fingerprint density at radius 1 is 1.35 bits per heavy atom. The van der Waals surface area contributed by atoms with Gasteiger partial charge < -0.3 is 10.8 Å². The third-order valence-electron chi connectivity index (χ3n) is 4.52. The van der Waals surface area contributed by atoms with Gasteiger partial charge in [-0.1, -0.05) is 18.2 Å². The summed E-state index contributed by atoms with van der Waals surface area (Å²) in [6.07, 6.45) is 0.463. The van der Waals surface area contributed by atoms with Gasteiger partial charge in [0.1, 0.15) is 5.71 Å². The minimum Gasteiger partial charge on any atom is -0.396 e. The molecule has 2 heterocycles. The van der Waals surface area contributed by atoms with Crippen molar-refractivity contribution in [2.24, 2.45) is 10.7 Å². The second kappa shape index (κ2) is 5.15. The zero-order valence-electron chi connectivity index (χ0n) is 12.7. The van der Waals surface area contributed by atoms with Crippen LogP contribution in [0.1, 0.15) is 23.5 Å². The normalized spacial score (nSPS) is 16.8. The molecule has 4 rings (SSSR count). The molecule has 3 N–H and O–H groups in total. The highest BCUT2D eigenvalue weighted by Crippen LogP contribution is 2.47. The molecule has 23 heavy (non-hydrogen) atoms. The fourth-order valence-corrected chi connectivity index (χ4v) is 4.72. The molecule has 1 aromatic heterocycles. The fraction of sp³-hybridized carbons (Fsp3) is 0.222. The first-order valence-corrected chi connectivity index (χ1v) is 8.37. The molecular weight excluding hydrogens is 308 g/mol. The topological polar surface area (TPSA) is 75.7 Å². The average molecular weight is 324 g/mol. The van der Waals surface area contributed by atoms with Gasteiger partial charge in [-0.25, -0.2) is 4.99 Å². The third kappa shape index (κ3) is 2.00. The minimum absolute atomic E-state index is 0.0000918. The number of rotatable bonds is 3. The van der Waals surface area contributed by atoms with Crippen molar-refractivity contribution in [3.63, 3.8) is 0 Å². The number of aliphatic hydroxyl groups excluding tert-OH is 1. The number of aliphatic imine (C=N–C) groups is 1. The van der Waals surface area contributed by atoms with E-state index in [0.29, 0.717) is 12.1 Å². The molecule has 0 radical (unpaired) electrons. The number of aliphatic hydroxyl groups is 1. The predicted molar refractivity (Wildman–Crippen MR) is 94.8 cm³/mol. The van der Waals surface area contributed by atoms with Crippen molar-refractivity contribution < 1.29 is 9.90 Å². The van der Waals surface area contributed by atoms with Gasteiger partial charge in [0.2, 0.25) is 0 Å². The van der Waals surface area contributed by atoms with Crippen molar-refractivity contribution in [1.82, 2.24) is 0 Å². The van der Waals surface area contributed by atoms with E-state index < -0.39 is 5.91 Å². The van der Waals surface area contributed by atoms with Crippen LogP contribution in [0.4, 0.5) is 5.69 Å². The van der Waals surface area contributed by atoms with Gasteiger partial charge in [0.25, 0.3) is 5.91 Å². The molecule has 4 nitrogen and oxygen atoms in total. The molecule has 1 amide bonds. The summed E-state index contributed by atoms with van der Waals surface area (Å²) in [4.78, 5) is 16.2. The maximum atomic E-state index is 11.7. The zero-order chi connectivity index (χ0) is 16.1. The van der Waals surface area contributed by atoms with Gasteiger partial charge in [0, 0.05) is 32.7 Å². The fourth-order valence-electron chi connectivity index (χ4n) is 3.51. The van der Waals surface area contributed by atoms with Gasteiger partial charge in [-0.3, -0.25) is 4.79 Å². The highest BCUT2D eigenvalue weighted by Gasteiger charge is 2.32. The number of hydrogen-bond donors (Lipinski definition) is 2. The van der Waals surface area contributed by atoms with Crippen LogP contribution in [0.2, 0.25) is 0 Å². The largest absolute Gasteiger partial charge is 0.396 e. The molecule has 1 aliphatic rings. The number of hydrogen-bond acceptors (Lipinski definition) is 4. The summed E-state index contributed by atoms with van der Waals surface area (Å²) in [5.74, 6) is -0.715. The Balaban J connectivity index is 2.05. The second-order valence-corrected chi connectivity index (χ2v) is 6.92. The summed E-state index contributed by atoms with van der Waals surface area (Å²) in [6.45, 7) is 2.05. The smallest absolute Gasteiger partial charge is 0.263 e. The van der Waals surface area contributed by atoms with Crippen molar-refractivity contribution in [1.29, 1.82) is 0 Å². The number of carbonyl (C=O) groups is 1. The van der Waals surface area contributed by atoms with Crippen LogP contribution in [0.15, 0.2) is 35.3 Å². The van der Waals surface area contributed by atoms with Crippen molar-refractivity contribution in [2.75, 3.05) is 6.61 Å². The van der Waals surface area contributed by atoms with Gasteiger partial charge in [-0.05, 0) is 36.6 Å². The van der Waals surface area contributed by atoms with Crippen LogP contribution < -0.4 is 5.73 Å². The molecule has 0 saturated carbocycles. The number of nitrogens with zero attached hydrogens (tertiary/aromatic N) is 1. The number of benzene rings is 2. The van der Waals surface area contributed by atoms with E-state index in [9.17, 15) is 9.90 Å². The Labute approximate surface area is 137 Å². The lowest BCUT2D eigenvalue weighted by atomic mass is 9.90. The van der Waals surface area contributed by atoms with Crippen LogP contribution in [-0.2, 0) is 4.79 Å². The quantitative estimate of drug-likeness (QED) is 0.775. The number of thiophene rings is 1. The first-order valence-electron chi connectivity index (χ1n) is 7.55. The van der Waals surface area contributed by atoms with Crippen molar-refractivity contribution >= 4 is 48.8 Å². The SMILES string of the molecule is Cc1c2c(cc3sc4ccccc4c13)C(CCO)C(C(N)=O)=N2. The first kappa shape index (κ1) is 14.4. The summed E-state index contributed by atoms with van der Waals surface area (Å²) < 4.78 is 2.43.